The zero-order valence-electron chi connectivity index (χ0n) is 10.3. The van der Waals surface area contributed by atoms with Crippen molar-refractivity contribution in [1.29, 1.82) is 0 Å². The second-order valence-corrected chi connectivity index (χ2v) is 3.89. The van der Waals surface area contributed by atoms with E-state index < -0.39 is 0 Å². The van der Waals surface area contributed by atoms with Gasteiger partial charge in [-0.25, -0.2) is 0 Å². The first kappa shape index (κ1) is 12.5. The highest BCUT2D eigenvalue weighted by molar-refractivity contribution is 6.08. The summed E-state index contributed by atoms with van der Waals surface area (Å²) in [5, 5.41) is 0. The minimum atomic E-state index is -0.177. The lowest BCUT2D eigenvalue weighted by Gasteiger charge is -2.22. The van der Waals surface area contributed by atoms with Gasteiger partial charge < -0.3 is 14.4 Å². The van der Waals surface area contributed by atoms with E-state index in [9.17, 15) is 4.79 Å². The number of carbonyl (C=O) groups excluding carboxylic acids is 1. The highest BCUT2D eigenvalue weighted by Crippen LogP contribution is 2.11. The number of hydrogen-bond acceptors (Lipinski definition) is 4. The Kier molecular flexibility index (Phi) is 4.21. The highest BCUT2D eigenvalue weighted by atomic mass is 16.5. The van der Waals surface area contributed by atoms with Crippen LogP contribution in [-0.2, 0) is 4.74 Å². The molecule has 0 atom stereocenters. The molecular weight excluding hydrogens is 230 g/mol. The molecular formula is C14H15NO3. The van der Waals surface area contributed by atoms with Gasteiger partial charge in [-0.3, -0.25) is 4.79 Å². The number of ether oxygens (including phenoxy) is 2. The molecule has 1 aliphatic heterocycles. The molecule has 0 amide bonds. The smallest absolute Gasteiger partial charge is 0.237 e. The lowest BCUT2D eigenvalue weighted by Crippen LogP contribution is -2.32. The van der Waals surface area contributed by atoms with Gasteiger partial charge in [-0.2, -0.15) is 0 Å². The highest BCUT2D eigenvalue weighted by Gasteiger charge is 2.07. The van der Waals surface area contributed by atoms with E-state index >= 15 is 0 Å². The van der Waals surface area contributed by atoms with E-state index in [0.29, 0.717) is 18.8 Å². The predicted octanol–water partition coefficient (Wildman–Crippen LogP) is 1.17. The summed E-state index contributed by atoms with van der Waals surface area (Å²) >= 11 is 0. The van der Waals surface area contributed by atoms with Crippen molar-refractivity contribution in [2.45, 2.75) is 0 Å². The van der Waals surface area contributed by atoms with Crippen LogP contribution < -0.4 is 4.74 Å². The van der Waals surface area contributed by atoms with Crippen molar-refractivity contribution in [3.8, 4) is 17.7 Å². The van der Waals surface area contributed by atoms with Gasteiger partial charge in [0.2, 0.25) is 5.78 Å². The van der Waals surface area contributed by atoms with Gasteiger partial charge in [0.15, 0.2) is 0 Å². The molecule has 1 heterocycles. The van der Waals surface area contributed by atoms with Gasteiger partial charge in [-0.15, -0.1) is 0 Å². The van der Waals surface area contributed by atoms with Crippen molar-refractivity contribution in [2.24, 2.45) is 0 Å². The Morgan fingerprint density at radius 2 is 1.94 bits per heavy atom. The number of methoxy groups -OCH3 is 1. The number of morpholine rings is 1. The lowest BCUT2D eigenvalue weighted by molar-refractivity contribution is 0.0637. The normalized spacial score (nSPS) is 14.6. The van der Waals surface area contributed by atoms with E-state index in [1.807, 2.05) is 4.90 Å². The predicted molar refractivity (Wildman–Crippen MR) is 67.5 cm³/mol. The van der Waals surface area contributed by atoms with Gasteiger partial charge in [0.05, 0.1) is 20.3 Å². The van der Waals surface area contributed by atoms with Crippen molar-refractivity contribution < 1.29 is 14.3 Å². The number of hydrogen-bond donors (Lipinski definition) is 0. The Morgan fingerprint density at radius 3 is 2.56 bits per heavy atom. The molecule has 1 aliphatic rings. The largest absolute Gasteiger partial charge is 0.497 e. The minimum absolute atomic E-state index is 0.177. The third-order valence-electron chi connectivity index (χ3n) is 2.69. The molecule has 1 aromatic rings. The second kappa shape index (κ2) is 6.08. The van der Waals surface area contributed by atoms with Crippen LogP contribution in [0.1, 0.15) is 10.4 Å². The summed E-state index contributed by atoms with van der Waals surface area (Å²) in [6, 6.07) is 9.81. The first-order valence-electron chi connectivity index (χ1n) is 5.82. The molecule has 1 saturated heterocycles. The molecule has 4 nitrogen and oxygen atoms in total. The summed E-state index contributed by atoms with van der Waals surface area (Å²) < 4.78 is 10.2. The molecule has 1 aromatic carbocycles. The maximum absolute atomic E-state index is 11.8. The van der Waals surface area contributed by atoms with Crippen LogP contribution in [0.3, 0.4) is 0 Å². The van der Waals surface area contributed by atoms with Crippen LogP contribution in [0.4, 0.5) is 0 Å². The monoisotopic (exact) mass is 245 g/mol. The van der Waals surface area contributed by atoms with Crippen molar-refractivity contribution >= 4 is 5.78 Å². The number of benzene rings is 1. The lowest BCUT2D eigenvalue weighted by atomic mass is 10.1. The quantitative estimate of drug-likeness (QED) is 0.579. The third-order valence-corrected chi connectivity index (χ3v) is 2.69. The molecule has 0 radical (unpaired) electrons. The van der Waals surface area contributed by atoms with Gasteiger partial charge in [-0.05, 0) is 30.2 Å². The number of ketones is 1. The third kappa shape index (κ3) is 3.25. The molecule has 0 saturated carbocycles. The zero-order valence-corrected chi connectivity index (χ0v) is 10.3. The number of rotatable bonds is 2. The first-order valence-corrected chi connectivity index (χ1v) is 5.82. The molecule has 94 valence electrons. The van der Waals surface area contributed by atoms with E-state index in [4.69, 9.17) is 9.47 Å². The average Bonchev–Trinajstić information content (AvgIpc) is 2.46. The van der Waals surface area contributed by atoms with Gasteiger partial charge in [-0.1, -0.05) is 0 Å². The summed E-state index contributed by atoms with van der Waals surface area (Å²) in [5.41, 5.74) is 0.580. The fraction of sp³-hybridized carbons (Fsp3) is 0.357. The van der Waals surface area contributed by atoms with Gasteiger partial charge in [0.1, 0.15) is 5.75 Å². The number of Topliss-reactive ketones (excluding diaryl/α,β-unsaturated/α-hetero) is 1. The molecule has 1 fully saturated rings. The van der Waals surface area contributed by atoms with Crippen LogP contribution in [0, 0.1) is 12.0 Å². The van der Waals surface area contributed by atoms with Crippen LogP contribution >= 0.6 is 0 Å². The summed E-state index contributed by atoms with van der Waals surface area (Å²) in [5.74, 6) is 3.20. The summed E-state index contributed by atoms with van der Waals surface area (Å²) in [4.78, 5) is 13.7. The fourth-order valence-electron chi connectivity index (χ4n) is 1.62. The maximum atomic E-state index is 11.8. The Morgan fingerprint density at radius 1 is 1.28 bits per heavy atom. The molecule has 0 unspecified atom stereocenters. The molecule has 0 N–H and O–H groups in total. The van der Waals surface area contributed by atoms with Crippen LogP contribution in [0.25, 0.3) is 0 Å². The van der Waals surface area contributed by atoms with Crippen LogP contribution in [0.15, 0.2) is 24.3 Å². The van der Waals surface area contributed by atoms with Crippen molar-refractivity contribution in [2.75, 3.05) is 33.4 Å². The van der Waals surface area contributed by atoms with Crippen molar-refractivity contribution in [1.82, 2.24) is 4.90 Å². The SMILES string of the molecule is COc1ccc(C(=O)C#CN2CCOCC2)cc1. The van der Waals surface area contributed by atoms with Crippen LogP contribution in [0.2, 0.25) is 0 Å². The fourth-order valence-corrected chi connectivity index (χ4v) is 1.62. The van der Waals surface area contributed by atoms with Gasteiger partial charge in [0, 0.05) is 24.7 Å². The molecule has 0 spiro atoms. The van der Waals surface area contributed by atoms with E-state index in [1.54, 1.807) is 31.4 Å². The zero-order chi connectivity index (χ0) is 12.8. The van der Waals surface area contributed by atoms with Crippen LogP contribution in [-0.4, -0.2) is 44.1 Å². The maximum Gasteiger partial charge on any atom is 0.237 e. The molecule has 0 aliphatic carbocycles. The Labute approximate surface area is 106 Å². The van der Waals surface area contributed by atoms with Crippen molar-refractivity contribution in [3.05, 3.63) is 29.8 Å². The minimum Gasteiger partial charge on any atom is -0.497 e. The summed E-state index contributed by atoms with van der Waals surface area (Å²) in [7, 11) is 1.59. The standard InChI is InChI=1S/C14H15NO3/c1-17-13-4-2-12(3-5-13)14(16)6-7-15-8-10-18-11-9-15/h2-5H,8-11H2,1H3. The molecule has 0 aromatic heterocycles. The second-order valence-electron chi connectivity index (χ2n) is 3.89. The summed E-state index contributed by atoms with van der Waals surface area (Å²) in [6.07, 6.45) is 0. The van der Waals surface area contributed by atoms with E-state index in [2.05, 4.69) is 12.0 Å². The first-order chi connectivity index (χ1) is 8.79. The summed E-state index contributed by atoms with van der Waals surface area (Å²) in [6.45, 7) is 2.85. The Hall–Kier alpha value is -1.99. The molecule has 0 bridgehead atoms. The van der Waals surface area contributed by atoms with E-state index in [1.165, 1.54) is 0 Å². The van der Waals surface area contributed by atoms with E-state index in [0.717, 1.165) is 18.8 Å². The Balaban J connectivity index is 2.00. The number of carbonyl (C=O) groups is 1. The van der Waals surface area contributed by atoms with Gasteiger partial charge in [0.25, 0.3) is 0 Å². The van der Waals surface area contributed by atoms with E-state index in [-0.39, 0.29) is 5.78 Å². The van der Waals surface area contributed by atoms with Crippen molar-refractivity contribution in [3.63, 3.8) is 0 Å². The molecule has 2 rings (SSSR count). The van der Waals surface area contributed by atoms with Crippen LogP contribution in [0.5, 0.6) is 5.75 Å². The van der Waals surface area contributed by atoms with Gasteiger partial charge >= 0.3 is 0 Å². The Bertz CT molecular complexity index is 464. The average molecular weight is 245 g/mol. The topological polar surface area (TPSA) is 38.8 Å². The number of nitrogens with zero attached hydrogens (tertiary/aromatic N) is 1. The molecule has 4 heteroatoms. The molecule has 18 heavy (non-hydrogen) atoms.